The number of ether oxygens (including phenoxy) is 2. The third kappa shape index (κ3) is 3.97. The van der Waals surface area contributed by atoms with Crippen LogP contribution in [0.3, 0.4) is 0 Å². The monoisotopic (exact) mass is 339 g/mol. The minimum atomic E-state index is -0.390. The molecule has 0 bridgehead atoms. The predicted molar refractivity (Wildman–Crippen MR) is 86.6 cm³/mol. The Morgan fingerprint density at radius 1 is 1.35 bits per heavy atom. The SMILES string of the molecule is O=C(COc1ccc(Cl)cc1)N1CCC[C@@H]1[C@H]1COCC[C@H]1O. The molecule has 2 aliphatic heterocycles. The molecule has 23 heavy (non-hydrogen) atoms. The van der Waals surface area contributed by atoms with Crippen molar-refractivity contribution in [1.29, 1.82) is 0 Å². The van der Waals surface area contributed by atoms with Crippen molar-refractivity contribution in [3.05, 3.63) is 29.3 Å². The molecule has 2 aliphatic rings. The lowest BCUT2D eigenvalue weighted by Crippen LogP contribution is -2.49. The maximum atomic E-state index is 12.5. The fourth-order valence-electron chi connectivity index (χ4n) is 3.42. The van der Waals surface area contributed by atoms with Gasteiger partial charge in [-0.2, -0.15) is 0 Å². The zero-order valence-corrected chi connectivity index (χ0v) is 13.7. The van der Waals surface area contributed by atoms with Crippen molar-refractivity contribution in [2.24, 2.45) is 5.92 Å². The molecule has 0 aliphatic carbocycles. The van der Waals surface area contributed by atoms with Gasteiger partial charge in [0.1, 0.15) is 5.75 Å². The number of rotatable bonds is 4. The number of amides is 1. The highest BCUT2D eigenvalue weighted by Gasteiger charge is 2.39. The van der Waals surface area contributed by atoms with Crippen LogP contribution in [0.5, 0.6) is 5.75 Å². The zero-order chi connectivity index (χ0) is 16.2. The Morgan fingerprint density at radius 2 is 2.13 bits per heavy atom. The molecule has 1 aromatic carbocycles. The van der Waals surface area contributed by atoms with Gasteiger partial charge in [0, 0.05) is 30.1 Å². The van der Waals surface area contributed by atoms with Crippen LogP contribution in [0.2, 0.25) is 5.02 Å². The number of benzene rings is 1. The number of carbonyl (C=O) groups is 1. The molecule has 0 saturated carbocycles. The first kappa shape index (κ1) is 16.6. The van der Waals surface area contributed by atoms with E-state index in [1.165, 1.54) is 0 Å². The van der Waals surface area contributed by atoms with Gasteiger partial charge in [0.15, 0.2) is 6.61 Å². The Kier molecular flexibility index (Phi) is 5.41. The van der Waals surface area contributed by atoms with Gasteiger partial charge in [-0.15, -0.1) is 0 Å². The molecule has 1 amide bonds. The van der Waals surface area contributed by atoms with E-state index in [0.29, 0.717) is 30.4 Å². The van der Waals surface area contributed by atoms with Crippen molar-refractivity contribution in [2.75, 3.05) is 26.4 Å². The number of nitrogens with zero attached hydrogens (tertiary/aromatic N) is 1. The van der Waals surface area contributed by atoms with Crippen molar-refractivity contribution in [3.63, 3.8) is 0 Å². The van der Waals surface area contributed by atoms with Crippen molar-refractivity contribution in [1.82, 2.24) is 4.90 Å². The van der Waals surface area contributed by atoms with E-state index in [2.05, 4.69) is 0 Å². The van der Waals surface area contributed by atoms with Gasteiger partial charge in [0.2, 0.25) is 0 Å². The Morgan fingerprint density at radius 3 is 2.87 bits per heavy atom. The van der Waals surface area contributed by atoms with E-state index in [1.807, 2.05) is 4.90 Å². The van der Waals surface area contributed by atoms with Crippen molar-refractivity contribution < 1.29 is 19.4 Å². The van der Waals surface area contributed by atoms with E-state index in [1.54, 1.807) is 24.3 Å². The van der Waals surface area contributed by atoms with E-state index in [9.17, 15) is 9.90 Å². The summed E-state index contributed by atoms with van der Waals surface area (Å²) < 4.78 is 11.0. The molecule has 0 radical (unpaired) electrons. The standard InChI is InChI=1S/C17H22ClNO4/c18-12-3-5-13(6-4-12)23-11-17(21)19-8-1-2-15(19)14-10-22-9-7-16(14)20/h3-6,14-16,20H,1-2,7-11H2/t14-,15-,16-/m1/s1. The second-order valence-corrected chi connectivity index (χ2v) is 6.57. The van der Waals surface area contributed by atoms with Gasteiger partial charge < -0.3 is 19.5 Å². The van der Waals surface area contributed by atoms with Gasteiger partial charge >= 0.3 is 0 Å². The highest BCUT2D eigenvalue weighted by atomic mass is 35.5. The average Bonchev–Trinajstić information content (AvgIpc) is 3.04. The molecular weight excluding hydrogens is 318 g/mol. The second kappa shape index (κ2) is 7.51. The first-order chi connectivity index (χ1) is 11.1. The van der Waals surface area contributed by atoms with Crippen LogP contribution in [-0.2, 0) is 9.53 Å². The largest absolute Gasteiger partial charge is 0.484 e. The summed E-state index contributed by atoms with van der Waals surface area (Å²) in [5, 5.41) is 10.8. The molecule has 6 heteroatoms. The predicted octanol–water partition coefficient (Wildman–Crippen LogP) is 2.11. The number of hydrogen-bond donors (Lipinski definition) is 1. The average molecular weight is 340 g/mol. The summed E-state index contributed by atoms with van der Waals surface area (Å²) in [6, 6.07) is 7.00. The Labute approximate surface area is 141 Å². The first-order valence-electron chi connectivity index (χ1n) is 8.09. The number of halogens is 1. The van der Waals surface area contributed by atoms with Crippen LogP contribution < -0.4 is 4.74 Å². The van der Waals surface area contributed by atoms with Crippen LogP contribution in [-0.4, -0.2) is 54.4 Å². The van der Waals surface area contributed by atoms with Crippen LogP contribution in [0.4, 0.5) is 0 Å². The lowest BCUT2D eigenvalue weighted by molar-refractivity contribution is -0.138. The highest BCUT2D eigenvalue weighted by Crippen LogP contribution is 2.30. The maximum absolute atomic E-state index is 12.5. The summed E-state index contributed by atoms with van der Waals surface area (Å²) >= 11 is 5.83. The molecule has 3 rings (SSSR count). The molecule has 5 nitrogen and oxygen atoms in total. The molecule has 0 aromatic heterocycles. The van der Waals surface area contributed by atoms with Gasteiger partial charge in [0.05, 0.1) is 12.7 Å². The third-order valence-electron chi connectivity index (χ3n) is 4.65. The lowest BCUT2D eigenvalue weighted by Gasteiger charge is -2.36. The lowest BCUT2D eigenvalue weighted by atomic mass is 9.89. The minimum absolute atomic E-state index is 0.00179. The van der Waals surface area contributed by atoms with Gasteiger partial charge in [-0.3, -0.25) is 4.79 Å². The van der Waals surface area contributed by atoms with Crippen LogP contribution in [0.25, 0.3) is 0 Å². The highest BCUT2D eigenvalue weighted by molar-refractivity contribution is 6.30. The zero-order valence-electron chi connectivity index (χ0n) is 13.0. The normalized spacial score (nSPS) is 27.9. The summed E-state index contributed by atoms with van der Waals surface area (Å²) in [6.45, 7) is 1.84. The summed E-state index contributed by atoms with van der Waals surface area (Å²) in [5.41, 5.74) is 0. The second-order valence-electron chi connectivity index (χ2n) is 6.13. The molecule has 126 valence electrons. The smallest absolute Gasteiger partial charge is 0.260 e. The fourth-order valence-corrected chi connectivity index (χ4v) is 3.55. The number of carbonyl (C=O) groups excluding carboxylic acids is 1. The van der Waals surface area contributed by atoms with E-state index in [0.717, 1.165) is 19.4 Å². The Hall–Kier alpha value is -1.30. The summed E-state index contributed by atoms with van der Waals surface area (Å²) in [5.74, 6) is 0.588. The first-order valence-corrected chi connectivity index (χ1v) is 8.46. The van der Waals surface area contributed by atoms with E-state index in [-0.39, 0.29) is 30.6 Å². The van der Waals surface area contributed by atoms with E-state index in [4.69, 9.17) is 21.1 Å². The molecule has 2 fully saturated rings. The number of aliphatic hydroxyl groups is 1. The minimum Gasteiger partial charge on any atom is -0.484 e. The molecular formula is C17H22ClNO4. The number of aliphatic hydroxyl groups excluding tert-OH is 1. The van der Waals surface area contributed by atoms with E-state index >= 15 is 0 Å². The molecule has 0 spiro atoms. The van der Waals surface area contributed by atoms with Crippen LogP contribution in [0.15, 0.2) is 24.3 Å². The van der Waals surface area contributed by atoms with Crippen LogP contribution in [0.1, 0.15) is 19.3 Å². The van der Waals surface area contributed by atoms with Crippen molar-refractivity contribution in [2.45, 2.75) is 31.4 Å². The fraction of sp³-hybridized carbons (Fsp3) is 0.588. The number of likely N-dealkylation sites (tertiary alicyclic amines) is 1. The summed E-state index contributed by atoms with van der Waals surface area (Å²) in [4.78, 5) is 14.3. The topological polar surface area (TPSA) is 59.0 Å². The van der Waals surface area contributed by atoms with Crippen LogP contribution >= 0.6 is 11.6 Å². The van der Waals surface area contributed by atoms with Gasteiger partial charge in [-0.05, 0) is 43.5 Å². The Balaban J connectivity index is 1.58. The molecule has 0 unspecified atom stereocenters. The van der Waals surface area contributed by atoms with Gasteiger partial charge in [0.25, 0.3) is 5.91 Å². The number of hydrogen-bond acceptors (Lipinski definition) is 4. The molecule has 1 N–H and O–H groups in total. The quantitative estimate of drug-likeness (QED) is 0.912. The molecule has 2 heterocycles. The van der Waals surface area contributed by atoms with Crippen molar-refractivity contribution >= 4 is 17.5 Å². The van der Waals surface area contributed by atoms with E-state index < -0.39 is 0 Å². The molecule has 3 atom stereocenters. The molecule has 1 aromatic rings. The van der Waals surface area contributed by atoms with Crippen LogP contribution in [0, 0.1) is 5.92 Å². The summed E-state index contributed by atoms with van der Waals surface area (Å²) in [7, 11) is 0. The summed E-state index contributed by atoms with van der Waals surface area (Å²) in [6.07, 6.45) is 2.13. The molecule has 2 saturated heterocycles. The maximum Gasteiger partial charge on any atom is 0.260 e. The van der Waals surface area contributed by atoms with Gasteiger partial charge in [-0.25, -0.2) is 0 Å². The third-order valence-corrected chi connectivity index (χ3v) is 4.90. The van der Waals surface area contributed by atoms with Gasteiger partial charge in [-0.1, -0.05) is 11.6 Å². The Bertz CT molecular complexity index is 536. The van der Waals surface area contributed by atoms with Crippen molar-refractivity contribution in [3.8, 4) is 5.75 Å².